The summed E-state index contributed by atoms with van der Waals surface area (Å²) in [4.78, 5) is 4.02. The van der Waals surface area contributed by atoms with Crippen molar-refractivity contribution in [1.82, 2.24) is 10.3 Å². The van der Waals surface area contributed by atoms with Crippen LogP contribution in [-0.2, 0) is 0 Å². The van der Waals surface area contributed by atoms with Crippen LogP contribution in [0, 0.1) is 5.82 Å². The van der Waals surface area contributed by atoms with Crippen LogP contribution in [-0.4, -0.2) is 12.0 Å². The Morgan fingerprint density at radius 2 is 1.89 bits per heavy atom. The molecule has 1 heterocycles. The Kier molecular flexibility index (Phi) is 4.66. The second-order valence-electron chi connectivity index (χ2n) is 4.50. The molecule has 19 heavy (non-hydrogen) atoms. The van der Waals surface area contributed by atoms with E-state index in [2.05, 4.69) is 33.2 Å². The summed E-state index contributed by atoms with van der Waals surface area (Å²) in [5, 5.41) is 3.20. The van der Waals surface area contributed by atoms with Gasteiger partial charge in [0.2, 0.25) is 0 Å². The second-order valence-corrected chi connectivity index (χ2v) is 5.42. The molecule has 1 aromatic heterocycles. The van der Waals surface area contributed by atoms with Gasteiger partial charge >= 0.3 is 0 Å². The van der Waals surface area contributed by atoms with Crippen LogP contribution in [0.15, 0.2) is 47.2 Å². The van der Waals surface area contributed by atoms with Crippen LogP contribution in [0.3, 0.4) is 0 Å². The van der Waals surface area contributed by atoms with Crippen molar-refractivity contribution < 1.29 is 4.39 Å². The molecule has 100 valence electrons. The van der Waals surface area contributed by atoms with E-state index in [9.17, 15) is 4.39 Å². The Hall–Kier alpha value is -1.26. The third-order valence-corrected chi connectivity index (χ3v) is 3.83. The zero-order chi connectivity index (χ0) is 13.8. The van der Waals surface area contributed by atoms with Gasteiger partial charge in [0.25, 0.3) is 0 Å². The minimum Gasteiger partial charge on any atom is -0.312 e. The molecule has 0 aliphatic heterocycles. The van der Waals surface area contributed by atoms with Crippen LogP contribution in [0.25, 0.3) is 0 Å². The molecule has 0 aliphatic carbocycles. The lowest BCUT2D eigenvalue weighted by Crippen LogP contribution is -2.23. The highest BCUT2D eigenvalue weighted by Gasteiger charge is 2.22. The first kappa shape index (κ1) is 14.2. The van der Waals surface area contributed by atoms with Crippen molar-refractivity contribution in [1.29, 1.82) is 0 Å². The van der Waals surface area contributed by atoms with Crippen LogP contribution >= 0.6 is 15.9 Å². The highest BCUT2D eigenvalue weighted by atomic mass is 79.9. The molecule has 0 saturated carbocycles. The van der Waals surface area contributed by atoms with E-state index in [1.807, 2.05) is 25.2 Å². The van der Waals surface area contributed by atoms with Crippen molar-refractivity contribution in [3.05, 3.63) is 64.1 Å². The Bertz CT molecular complexity index is 545. The zero-order valence-corrected chi connectivity index (χ0v) is 12.5. The molecule has 0 aliphatic rings. The van der Waals surface area contributed by atoms with Crippen molar-refractivity contribution in [3.8, 4) is 0 Å². The summed E-state index contributed by atoms with van der Waals surface area (Å²) < 4.78 is 14.9. The molecule has 2 aromatic rings. The fourth-order valence-corrected chi connectivity index (χ4v) is 2.67. The first-order valence-electron chi connectivity index (χ1n) is 6.15. The smallest absolute Gasteiger partial charge is 0.128 e. The largest absolute Gasteiger partial charge is 0.312 e. The summed E-state index contributed by atoms with van der Waals surface area (Å²) in [5.41, 5.74) is 1.80. The van der Waals surface area contributed by atoms with Crippen molar-refractivity contribution in [2.45, 2.75) is 18.9 Å². The minimum absolute atomic E-state index is 0.0834. The highest BCUT2D eigenvalue weighted by Crippen LogP contribution is 2.32. The van der Waals surface area contributed by atoms with E-state index in [1.165, 1.54) is 6.07 Å². The maximum atomic E-state index is 14.0. The Morgan fingerprint density at radius 1 is 1.21 bits per heavy atom. The molecule has 1 N–H and O–H groups in total. The molecule has 2 atom stereocenters. The quantitative estimate of drug-likeness (QED) is 0.918. The lowest BCUT2D eigenvalue weighted by atomic mass is 9.89. The molecule has 2 nitrogen and oxygen atoms in total. The fraction of sp³-hybridized carbons (Fsp3) is 0.267. The van der Waals surface area contributed by atoms with Gasteiger partial charge in [-0.05, 0) is 42.9 Å². The fourth-order valence-electron chi connectivity index (χ4n) is 2.29. The maximum Gasteiger partial charge on any atom is 0.128 e. The number of halogens is 2. The summed E-state index contributed by atoms with van der Waals surface area (Å²) in [5.74, 6) is -0.0414. The topological polar surface area (TPSA) is 24.9 Å². The summed E-state index contributed by atoms with van der Waals surface area (Å²) >= 11 is 3.39. The molecule has 0 amide bonds. The molecule has 2 rings (SSSR count). The monoisotopic (exact) mass is 322 g/mol. The van der Waals surface area contributed by atoms with E-state index in [0.717, 1.165) is 10.0 Å². The van der Waals surface area contributed by atoms with Crippen molar-refractivity contribution in [3.63, 3.8) is 0 Å². The molecular formula is C15H16BrFN2. The standard InChI is InChI=1S/C15H16BrFN2/c1-10(11-5-7-19-8-6-11)15(18-2)13-9-12(16)3-4-14(13)17/h3-10,15,18H,1-2H3. The first-order valence-corrected chi connectivity index (χ1v) is 6.95. The second kappa shape index (κ2) is 6.26. The zero-order valence-electron chi connectivity index (χ0n) is 10.9. The van der Waals surface area contributed by atoms with Gasteiger partial charge in [-0.15, -0.1) is 0 Å². The van der Waals surface area contributed by atoms with Gasteiger partial charge in [-0.1, -0.05) is 22.9 Å². The van der Waals surface area contributed by atoms with Gasteiger partial charge in [-0.25, -0.2) is 4.39 Å². The van der Waals surface area contributed by atoms with Crippen molar-refractivity contribution >= 4 is 15.9 Å². The summed E-state index contributed by atoms with van der Waals surface area (Å²) in [7, 11) is 1.85. The van der Waals surface area contributed by atoms with Gasteiger partial charge in [-0.3, -0.25) is 4.98 Å². The van der Waals surface area contributed by atoms with E-state index in [4.69, 9.17) is 0 Å². The Labute approximate surface area is 121 Å². The van der Waals surface area contributed by atoms with Crippen molar-refractivity contribution in [2.75, 3.05) is 7.05 Å². The lowest BCUT2D eigenvalue weighted by molar-refractivity contribution is 0.477. The number of hydrogen-bond acceptors (Lipinski definition) is 2. The minimum atomic E-state index is -0.191. The number of aromatic nitrogens is 1. The highest BCUT2D eigenvalue weighted by molar-refractivity contribution is 9.10. The average Bonchev–Trinajstić information content (AvgIpc) is 2.44. The van der Waals surface area contributed by atoms with Gasteiger partial charge in [0, 0.05) is 34.4 Å². The molecule has 0 spiro atoms. The summed E-state index contributed by atoms with van der Waals surface area (Å²) in [6, 6.07) is 8.87. The molecule has 0 bridgehead atoms. The van der Waals surface area contributed by atoms with Gasteiger partial charge in [0.05, 0.1) is 0 Å². The summed E-state index contributed by atoms with van der Waals surface area (Å²) in [6.07, 6.45) is 3.52. The predicted octanol–water partition coefficient (Wildman–Crippen LogP) is 4.05. The number of pyridine rings is 1. The van der Waals surface area contributed by atoms with E-state index < -0.39 is 0 Å². The van der Waals surface area contributed by atoms with Gasteiger partial charge < -0.3 is 5.32 Å². The normalized spacial score (nSPS) is 14.1. The van der Waals surface area contributed by atoms with Crippen LogP contribution in [0.4, 0.5) is 4.39 Å². The summed E-state index contributed by atoms with van der Waals surface area (Å²) in [6.45, 7) is 2.08. The number of hydrogen-bond donors (Lipinski definition) is 1. The number of benzene rings is 1. The van der Waals surface area contributed by atoms with Gasteiger partial charge in [0.15, 0.2) is 0 Å². The van der Waals surface area contributed by atoms with Crippen LogP contribution in [0.1, 0.15) is 30.0 Å². The molecule has 4 heteroatoms. The molecule has 0 saturated heterocycles. The number of nitrogens with zero attached hydrogens (tertiary/aromatic N) is 1. The third kappa shape index (κ3) is 3.19. The first-order chi connectivity index (χ1) is 9.13. The molecule has 1 aromatic carbocycles. The van der Waals surface area contributed by atoms with Crippen LogP contribution < -0.4 is 5.32 Å². The Morgan fingerprint density at radius 3 is 2.53 bits per heavy atom. The van der Waals surface area contributed by atoms with Crippen molar-refractivity contribution in [2.24, 2.45) is 0 Å². The van der Waals surface area contributed by atoms with Crippen LogP contribution in [0.2, 0.25) is 0 Å². The number of nitrogens with one attached hydrogen (secondary N) is 1. The molecule has 2 unspecified atom stereocenters. The van der Waals surface area contributed by atoms with Gasteiger partial charge in [-0.2, -0.15) is 0 Å². The molecule has 0 radical (unpaired) electrons. The SMILES string of the molecule is CNC(c1cc(Br)ccc1F)C(C)c1ccncc1. The predicted molar refractivity (Wildman–Crippen MR) is 78.6 cm³/mol. The van der Waals surface area contributed by atoms with E-state index >= 15 is 0 Å². The lowest BCUT2D eigenvalue weighted by Gasteiger charge is -2.25. The molecule has 0 fully saturated rings. The number of rotatable bonds is 4. The van der Waals surface area contributed by atoms with E-state index in [-0.39, 0.29) is 17.8 Å². The Balaban J connectivity index is 2.37. The third-order valence-electron chi connectivity index (χ3n) is 3.34. The maximum absolute atomic E-state index is 14.0. The van der Waals surface area contributed by atoms with E-state index in [0.29, 0.717) is 5.56 Å². The molecular weight excluding hydrogens is 307 g/mol. The van der Waals surface area contributed by atoms with Gasteiger partial charge in [0.1, 0.15) is 5.82 Å². The number of likely N-dealkylation sites (N-methyl/N-ethyl adjacent to an activating group) is 1. The van der Waals surface area contributed by atoms with E-state index in [1.54, 1.807) is 18.5 Å². The average molecular weight is 323 g/mol. The van der Waals surface area contributed by atoms with Crippen LogP contribution in [0.5, 0.6) is 0 Å².